The number of anilines is 2. The van der Waals surface area contributed by atoms with Gasteiger partial charge in [-0.2, -0.15) is 0 Å². The van der Waals surface area contributed by atoms with Gasteiger partial charge in [0, 0.05) is 29.5 Å². The number of nitrogens with two attached hydrogens (primary N) is 1. The van der Waals surface area contributed by atoms with E-state index in [9.17, 15) is 9.59 Å². The minimum Gasteiger partial charge on any atom is -0.399 e. The molecule has 34 heavy (non-hydrogen) atoms. The molecular weight excluding hydrogens is 452 g/mol. The Morgan fingerprint density at radius 2 is 1.85 bits per heavy atom. The molecule has 1 aromatic heterocycles. The minimum atomic E-state index is -0.399. The molecule has 4 rings (SSSR count). The lowest BCUT2D eigenvalue weighted by molar-refractivity contribution is -0.121. The SMILES string of the molecule is CC(=N)c1ccc(CNC(=O)Cn2c(-c3ccc(N)cc3)c(Cl)nc(NC3CCC3)c2=O)cc1. The van der Waals surface area contributed by atoms with Crippen molar-refractivity contribution in [3.63, 3.8) is 0 Å². The zero-order valence-electron chi connectivity index (χ0n) is 18.9. The van der Waals surface area contributed by atoms with Crippen molar-refractivity contribution < 1.29 is 4.79 Å². The Kier molecular flexibility index (Phi) is 6.98. The van der Waals surface area contributed by atoms with Gasteiger partial charge in [-0.25, -0.2) is 4.98 Å². The zero-order chi connectivity index (χ0) is 24.2. The van der Waals surface area contributed by atoms with Crippen molar-refractivity contribution in [2.24, 2.45) is 0 Å². The van der Waals surface area contributed by atoms with Crippen molar-refractivity contribution in [3.05, 3.63) is 75.2 Å². The fraction of sp³-hybridized carbons (Fsp3) is 0.280. The summed E-state index contributed by atoms with van der Waals surface area (Å²) in [4.78, 5) is 30.5. The molecule has 0 unspecified atom stereocenters. The summed E-state index contributed by atoms with van der Waals surface area (Å²) in [5, 5.41) is 13.8. The van der Waals surface area contributed by atoms with Crippen molar-refractivity contribution in [1.82, 2.24) is 14.9 Å². The molecule has 1 aliphatic carbocycles. The smallest absolute Gasteiger partial charge is 0.294 e. The average Bonchev–Trinajstić information content (AvgIpc) is 2.79. The van der Waals surface area contributed by atoms with Crippen molar-refractivity contribution in [2.45, 2.75) is 45.3 Å². The Hall–Kier alpha value is -3.65. The number of nitrogens with one attached hydrogen (secondary N) is 3. The molecule has 0 spiro atoms. The summed E-state index contributed by atoms with van der Waals surface area (Å²) in [5.74, 6) is -0.178. The van der Waals surface area contributed by atoms with E-state index >= 15 is 0 Å². The highest BCUT2D eigenvalue weighted by Gasteiger charge is 2.23. The fourth-order valence-electron chi connectivity index (χ4n) is 3.72. The molecule has 176 valence electrons. The first-order chi connectivity index (χ1) is 16.3. The van der Waals surface area contributed by atoms with Crippen LogP contribution in [0.3, 0.4) is 0 Å². The van der Waals surface area contributed by atoms with Crippen molar-refractivity contribution in [1.29, 1.82) is 5.41 Å². The molecule has 1 heterocycles. The molecular formula is C25H27ClN6O2. The lowest BCUT2D eigenvalue weighted by atomic mass is 9.93. The normalized spacial score (nSPS) is 13.2. The maximum Gasteiger partial charge on any atom is 0.294 e. The highest BCUT2D eigenvalue weighted by atomic mass is 35.5. The number of rotatable bonds is 8. The largest absolute Gasteiger partial charge is 0.399 e. The lowest BCUT2D eigenvalue weighted by Crippen LogP contribution is -2.37. The quantitative estimate of drug-likeness (QED) is 0.289. The van der Waals surface area contributed by atoms with Crippen molar-refractivity contribution >= 4 is 34.7 Å². The summed E-state index contributed by atoms with van der Waals surface area (Å²) in [6.07, 6.45) is 3.04. The minimum absolute atomic E-state index is 0.136. The Balaban J connectivity index is 1.59. The van der Waals surface area contributed by atoms with Gasteiger partial charge in [0.25, 0.3) is 5.56 Å². The van der Waals surface area contributed by atoms with Crippen molar-refractivity contribution in [2.75, 3.05) is 11.1 Å². The topological polar surface area (TPSA) is 126 Å². The second-order valence-electron chi connectivity index (χ2n) is 8.48. The van der Waals surface area contributed by atoms with Gasteiger partial charge in [0.2, 0.25) is 5.91 Å². The molecule has 0 atom stereocenters. The summed E-state index contributed by atoms with van der Waals surface area (Å²) < 4.78 is 1.36. The first kappa shape index (κ1) is 23.5. The van der Waals surface area contributed by atoms with Gasteiger partial charge in [-0.3, -0.25) is 14.2 Å². The number of carbonyl (C=O) groups excluding carboxylic acids is 1. The van der Waals surface area contributed by atoms with Crippen LogP contribution in [0.4, 0.5) is 11.5 Å². The second-order valence-corrected chi connectivity index (χ2v) is 8.84. The van der Waals surface area contributed by atoms with Crippen LogP contribution in [0.25, 0.3) is 11.3 Å². The van der Waals surface area contributed by atoms with Crippen LogP contribution in [-0.4, -0.2) is 27.2 Å². The summed E-state index contributed by atoms with van der Waals surface area (Å²) in [7, 11) is 0. The predicted molar refractivity (Wildman–Crippen MR) is 135 cm³/mol. The van der Waals surface area contributed by atoms with Crippen LogP contribution in [0.5, 0.6) is 0 Å². The molecule has 1 amide bonds. The standard InChI is InChI=1S/C25H27ClN6O2/c1-15(27)17-7-5-16(6-8-17)13-29-21(33)14-32-22(18-9-11-19(28)12-10-18)23(26)31-24(25(32)34)30-20-3-2-4-20/h5-12,20,27H,2-4,13-14,28H2,1H3,(H,29,33)(H,30,31). The fourth-order valence-corrected chi connectivity index (χ4v) is 4.01. The molecule has 1 aliphatic rings. The lowest BCUT2D eigenvalue weighted by Gasteiger charge is -2.27. The van der Waals surface area contributed by atoms with Crippen LogP contribution >= 0.6 is 11.6 Å². The van der Waals surface area contributed by atoms with Gasteiger partial charge < -0.3 is 21.8 Å². The van der Waals surface area contributed by atoms with Gasteiger partial charge in [0.05, 0.1) is 5.69 Å². The van der Waals surface area contributed by atoms with Crippen LogP contribution < -0.4 is 21.9 Å². The Morgan fingerprint density at radius 1 is 1.18 bits per heavy atom. The molecule has 0 radical (unpaired) electrons. The first-order valence-corrected chi connectivity index (χ1v) is 11.5. The highest BCUT2D eigenvalue weighted by Crippen LogP contribution is 2.28. The predicted octanol–water partition coefficient (Wildman–Crippen LogP) is 3.81. The molecule has 1 saturated carbocycles. The molecule has 8 nitrogen and oxygen atoms in total. The van der Waals surface area contributed by atoms with Gasteiger partial charge in [-0.1, -0.05) is 48.0 Å². The van der Waals surface area contributed by atoms with Crippen LogP contribution in [0, 0.1) is 5.41 Å². The van der Waals surface area contributed by atoms with E-state index in [1.165, 1.54) is 4.57 Å². The Labute approximate surface area is 202 Å². The first-order valence-electron chi connectivity index (χ1n) is 11.2. The highest BCUT2D eigenvalue weighted by molar-refractivity contribution is 6.32. The summed E-state index contributed by atoms with van der Waals surface area (Å²) >= 11 is 6.53. The monoisotopic (exact) mass is 478 g/mol. The van der Waals surface area contributed by atoms with Crippen molar-refractivity contribution in [3.8, 4) is 11.3 Å². The second kappa shape index (κ2) is 10.1. The number of halogens is 1. The molecule has 0 aliphatic heterocycles. The maximum absolute atomic E-state index is 13.3. The van der Waals surface area contributed by atoms with E-state index in [1.807, 2.05) is 24.3 Å². The summed E-state index contributed by atoms with van der Waals surface area (Å²) in [6, 6.07) is 14.5. The number of hydrogen-bond donors (Lipinski definition) is 4. The van der Waals surface area contributed by atoms with E-state index in [1.54, 1.807) is 31.2 Å². The van der Waals surface area contributed by atoms with E-state index in [4.69, 9.17) is 22.7 Å². The number of amides is 1. The zero-order valence-corrected chi connectivity index (χ0v) is 19.7. The van der Waals surface area contributed by atoms with E-state index in [0.717, 1.165) is 30.4 Å². The third kappa shape index (κ3) is 5.28. The molecule has 9 heteroatoms. The third-order valence-electron chi connectivity index (χ3n) is 5.93. The van der Waals surface area contributed by atoms with Gasteiger partial charge in [0.15, 0.2) is 11.0 Å². The number of benzene rings is 2. The Morgan fingerprint density at radius 3 is 2.44 bits per heavy atom. The van der Waals surface area contributed by atoms with Gasteiger partial charge in [-0.05, 0) is 49.4 Å². The number of hydrogen-bond acceptors (Lipinski definition) is 6. The molecule has 0 bridgehead atoms. The average molecular weight is 479 g/mol. The van der Waals surface area contributed by atoms with Gasteiger partial charge >= 0.3 is 0 Å². The summed E-state index contributed by atoms with van der Waals surface area (Å²) in [5.41, 5.74) is 9.19. The van der Waals surface area contributed by atoms with Crippen LogP contribution in [0.1, 0.15) is 37.3 Å². The molecule has 1 fully saturated rings. The molecule has 3 aromatic rings. The molecule has 0 saturated heterocycles. The molecule has 5 N–H and O–H groups in total. The van der Waals surface area contributed by atoms with Crippen LogP contribution in [0.15, 0.2) is 53.3 Å². The van der Waals surface area contributed by atoms with E-state index < -0.39 is 5.56 Å². The third-order valence-corrected chi connectivity index (χ3v) is 6.20. The summed E-state index contributed by atoms with van der Waals surface area (Å²) in [6.45, 7) is 1.81. The number of nitrogens with zero attached hydrogens (tertiary/aromatic N) is 2. The van der Waals surface area contributed by atoms with E-state index in [-0.39, 0.29) is 29.5 Å². The molecule has 2 aromatic carbocycles. The van der Waals surface area contributed by atoms with Crippen LogP contribution in [0.2, 0.25) is 5.15 Å². The van der Waals surface area contributed by atoms with E-state index in [0.29, 0.717) is 29.2 Å². The number of nitrogen functional groups attached to an aromatic ring is 1. The Bertz CT molecular complexity index is 1260. The number of aromatic nitrogens is 2. The van der Waals surface area contributed by atoms with E-state index in [2.05, 4.69) is 15.6 Å². The van der Waals surface area contributed by atoms with Gasteiger partial charge in [0.1, 0.15) is 6.54 Å². The van der Waals surface area contributed by atoms with Gasteiger partial charge in [-0.15, -0.1) is 0 Å². The number of carbonyl (C=O) groups is 1. The maximum atomic E-state index is 13.3. The van der Waals surface area contributed by atoms with Crippen LogP contribution in [-0.2, 0) is 17.9 Å².